The van der Waals surface area contributed by atoms with Crippen molar-refractivity contribution in [2.24, 2.45) is 5.73 Å². The Balaban J connectivity index is 2.19. The predicted octanol–water partition coefficient (Wildman–Crippen LogP) is 3.13. The molecule has 0 aromatic heterocycles. The van der Waals surface area contributed by atoms with Gasteiger partial charge in [0.15, 0.2) is 0 Å². The molecule has 1 unspecified atom stereocenters. The second-order valence-corrected chi connectivity index (χ2v) is 6.68. The van der Waals surface area contributed by atoms with Crippen LogP contribution in [0.25, 0.3) is 11.1 Å². The van der Waals surface area contributed by atoms with Crippen LogP contribution in [0.3, 0.4) is 0 Å². The Bertz CT molecular complexity index is 656. The molecule has 2 rings (SSSR count). The lowest BCUT2D eigenvalue weighted by Gasteiger charge is -2.09. The quantitative estimate of drug-likeness (QED) is 0.888. The van der Waals surface area contributed by atoms with Gasteiger partial charge >= 0.3 is 0 Å². The molecule has 0 spiro atoms. The molecule has 2 aromatic carbocycles. The molecule has 5 heteroatoms. The van der Waals surface area contributed by atoms with E-state index in [0.717, 1.165) is 16.7 Å². The molecule has 0 aliphatic rings. The lowest BCUT2D eigenvalue weighted by atomic mass is 10.0. The van der Waals surface area contributed by atoms with E-state index in [1.807, 2.05) is 48.5 Å². The van der Waals surface area contributed by atoms with Gasteiger partial charge in [-0.3, -0.25) is 9.00 Å². The van der Waals surface area contributed by atoms with E-state index >= 15 is 0 Å². The Morgan fingerprint density at radius 1 is 1.10 bits per heavy atom. The summed E-state index contributed by atoms with van der Waals surface area (Å²) in [5.41, 5.74) is 8.13. The molecule has 0 saturated heterocycles. The maximum absolute atomic E-state index is 12.0. The zero-order valence-corrected chi connectivity index (χ0v) is 13.0. The predicted molar refractivity (Wildman–Crippen MR) is 87.4 cm³/mol. The summed E-state index contributed by atoms with van der Waals surface area (Å²) in [5.74, 6) is 0.283. The Hall–Kier alpha value is -1.65. The number of primary amides is 1. The molecule has 110 valence electrons. The van der Waals surface area contributed by atoms with Crippen molar-refractivity contribution in [3.05, 3.63) is 59.1 Å². The maximum Gasteiger partial charge on any atom is 0.218 e. The molecule has 1 atom stereocenters. The molecule has 1 amide bonds. The fourth-order valence-electron chi connectivity index (χ4n) is 2.02. The Labute approximate surface area is 131 Å². The van der Waals surface area contributed by atoms with E-state index in [1.165, 1.54) is 0 Å². The van der Waals surface area contributed by atoms with E-state index < -0.39 is 16.7 Å². The Kier molecular flexibility index (Phi) is 5.53. The minimum atomic E-state index is -1.11. The second kappa shape index (κ2) is 7.38. The minimum absolute atomic E-state index is 0.149. The minimum Gasteiger partial charge on any atom is -0.370 e. The van der Waals surface area contributed by atoms with Gasteiger partial charge in [-0.25, -0.2) is 0 Å². The smallest absolute Gasteiger partial charge is 0.218 e. The van der Waals surface area contributed by atoms with Gasteiger partial charge in [0.2, 0.25) is 5.91 Å². The number of halogens is 1. The average Bonchev–Trinajstić information content (AvgIpc) is 2.47. The first-order valence-electron chi connectivity index (χ1n) is 6.53. The molecule has 0 fully saturated rings. The molecule has 2 N–H and O–H groups in total. The summed E-state index contributed by atoms with van der Waals surface area (Å²) in [6.45, 7) is 0. The van der Waals surface area contributed by atoms with Gasteiger partial charge in [-0.05, 0) is 28.8 Å². The van der Waals surface area contributed by atoms with Gasteiger partial charge in [-0.1, -0.05) is 48.0 Å². The van der Waals surface area contributed by atoms with Crippen LogP contribution in [0.2, 0.25) is 5.02 Å². The van der Waals surface area contributed by atoms with Crippen molar-refractivity contribution < 1.29 is 9.00 Å². The molecular weight excluding hydrogens is 306 g/mol. The SMILES string of the molecule is NC(=O)CCS(=O)Cc1ccccc1-c1ccc(Cl)cc1. The monoisotopic (exact) mass is 321 g/mol. The van der Waals surface area contributed by atoms with Crippen LogP contribution in [0, 0.1) is 0 Å². The summed E-state index contributed by atoms with van der Waals surface area (Å²) in [7, 11) is -1.11. The first-order valence-corrected chi connectivity index (χ1v) is 8.40. The summed E-state index contributed by atoms with van der Waals surface area (Å²) in [6, 6.07) is 15.3. The van der Waals surface area contributed by atoms with Gasteiger partial charge < -0.3 is 5.73 Å². The first-order chi connectivity index (χ1) is 10.1. The van der Waals surface area contributed by atoms with Gasteiger partial charge in [0.05, 0.1) is 0 Å². The largest absolute Gasteiger partial charge is 0.370 e. The lowest BCUT2D eigenvalue weighted by molar-refractivity contribution is -0.117. The van der Waals surface area contributed by atoms with Crippen LogP contribution in [0.15, 0.2) is 48.5 Å². The molecule has 0 aliphatic heterocycles. The molecule has 0 heterocycles. The van der Waals surface area contributed by atoms with Crippen molar-refractivity contribution in [2.45, 2.75) is 12.2 Å². The van der Waals surface area contributed by atoms with E-state index in [-0.39, 0.29) is 6.42 Å². The van der Waals surface area contributed by atoms with E-state index in [9.17, 15) is 9.00 Å². The standard InChI is InChI=1S/C16H16ClNO2S/c17-14-7-5-12(6-8-14)15-4-2-1-3-13(15)11-21(20)10-9-16(18)19/h1-8H,9-11H2,(H2,18,19). The Morgan fingerprint density at radius 2 is 1.76 bits per heavy atom. The number of benzene rings is 2. The summed E-state index contributed by atoms with van der Waals surface area (Å²) in [6.07, 6.45) is 0.149. The number of hydrogen-bond donors (Lipinski definition) is 1. The van der Waals surface area contributed by atoms with Crippen LogP contribution in [-0.2, 0) is 21.3 Å². The van der Waals surface area contributed by atoms with Gasteiger partial charge in [-0.2, -0.15) is 0 Å². The van der Waals surface area contributed by atoms with Gasteiger partial charge in [0, 0.05) is 33.7 Å². The van der Waals surface area contributed by atoms with Crippen LogP contribution < -0.4 is 5.73 Å². The average molecular weight is 322 g/mol. The summed E-state index contributed by atoms with van der Waals surface area (Å²) < 4.78 is 12.0. The molecule has 21 heavy (non-hydrogen) atoms. The van der Waals surface area contributed by atoms with Crippen molar-refractivity contribution in [3.8, 4) is 11.1 Å². The number of amides is 1. The van der Waals surface area contributed by atoms with Crippen LogP contribution in [0.4, 0.5) is 0 Å². The topological polar surface area (TPSA) is 60.2 Å². The number of nitrogens with two attached hydrogens (primary N) is 1. The fraction of sp³-hybridized carbons (Fsp3) is 0.188. The fourth-order valence-corrected chi connectivity index (χ4v) is 3.32. The molecule has 0 radical (unpaired) electrons. The molecule has 0 saturated carbocycles. The van der Waals surface area contributed by atoms with Crippen LogP contribution >= 0.6 is 11.6 Å². The molecular formula is C16H16ClNO2S. The third-order valence-electron chi connectivity index (χ3n) is 3.07. The van der Waals surface area contributed by atoms with Crippen LogP contribution in [0.5, 0.6) is 0 Å². The maximum atomic E-state index is 12.0. The van der Waals surface area contributed by atoms with Gasteiger partial charge in [0.1, 0.15) is 0 Å². The van der Waals surface area contributed by atoms with E-state index in [1.54, 1.807) is 0 Å². The lowest BCUT2D eigenvalue weighted by Crippen LogP contribution is -2.15. The highest BCUT2D eigenvalue weighted by Crippen LogP contribution is 2.26. The van der Waals surface area contributed by atoms with Crippen LogP contribution in [0.1, 0.15) is 12.0 Å². The summed E-state index contributed by atoms with van der Waals surface area (Å²) >= 11 is 5.90. The van der Waals surface area contributed by atoms with Gasteiger partial charge in [0.25, 0.3) is 0 Å². The van der Waals surface area contributed by atoms with Crippen LogP contribution in [-0.4, -0.2) is 15.9 Å². The molecule has 0 bridgehead atoms. The zero-order chi connectivity index (χ0) is 15.2. The Morgan fingerprint density at radius 3 is 2.43 bits per heavy atom. The van der Waals surface area contributed by atoms with E-state index in [2.05, 4.69) is 0 Å². The summed E-state index contributed by atoms with van der Waals surface area (Å²) in [4.78, 5) is 10.8. The normalized spacial score (nSPS) is 12.0. The molecule has 3 nitrogen and oxygen atoms in total. The highest BCUT2D eigenvalue weighted by Gasteiger charge is 2.09. The van der Waals surface area contributed by atoms with Gasteiger partial charge in [-0.15, -0.1) is 0 Å². The number of carbonyl (C=O) groups excluding carboxylic acids is 1. The van der Waals surface area contributed by atoms with E-state index in [0.29, 0.717) is 16.5 Å². The third-order valence-corrected chi connectivity index (χ3v) is 4.61. The van der Waals surface area contributed by atoms with Crippen molar-refractivity contribution in [2.75, 3.05) is 5.75 Å². The highest BCUT2D eigenvalue weighted by molar-refractivity contribution is 7.84. The highest BCUT2D eigenvalue weighted by atomic mass is 35.5. The molecule has 0 aliphatic carbocycles. The van der Waals surface area contributed by atoms with Crippen molar-refractivity contribution >= 4 is 28.3 Å². The van der Waals surface area contributed by atoms with Crippen molar-refractivity contribution in [1.29, 1.82) is 0 Å². The number of hydrogen-bond acceptors (Lipinski definition) is 2. The number of rotatable bonds is 6. The molecule has 2 aromatic rings. The summed E-state index contributed by atoms with van der Waals surface area (Å²) in [5, 5.41) is 0.682. The third kappa shape index (κ3) is 4.69. The first kappa shape index (κ1) is 15.7. The number of carbonyl (C=O) groups is 1. The van der Waals surface area contributed by atoms with E-state index in [4.69, 9.17) is 17.3 Å². The second-order valence-electron chi connectivity index (χ2n) is 4.67. The van der Waals surface area contributed by atoms with Crippen molar-refractivity contribution in [1.82, 2.24) is 0 Å². The zero-order valence-electron chi connectivity index (χ0n) is 11.4. The van der Waals surface area contributed by atoms with Crippen molar-refractivity contribution in [3.63, 3.8) is 0 Å².